The van der Waals surface area contributed by atoms with Gasteiger partial charge in [0.15, 0.2) is 11.5 Å². The Balaban J connectivity index is 2.78. The summed E-state index contributed by atoms with van der Waals surface area (Å²) in [6.07, 6.45) is 0. The molecule has 0 spiro atoms. The van der Waals surface area contributed by atoms with E-state index in [4.69, 9.17) is 32.7 Å². The lowest BCUT2D eigenvalue weighted by molar-refractivity contribution is 0.295. The summed E-state index contributed by atoms with van der Waals surface area (Å²) in [5.41, 5.74) is 2.44. The van der Waals surface area contributed by atoms with Crippen LogP contribution in [-0.2, 0) is 6.54 Å². The first-order chi connectivity index (χ1) is 9.56. The predicted octanol–water partition coefficient (Wildman–Crippen LogP) is 4.28. The van der Waals surface area contributed by atoms with Crippen LogP contribution in [0, 0.1) is 0 Å². The minimum Gasteiger partial charge on any atom is -0.490 e. The maximum atomic E-state index is 5.81. The molecule has 0 saturated carbocycles. The van der Waals surface area contributed by atoms with Gasteiger partial charge in [-0.05, 0) is 24.6 Å². The predicted molar refractivity (Wildman–Crippen MR) is 84.9 cm³/mol. The summed E-state index contributed by atoms with van der Waals surface area (Å²) in [6, 6.07) is 6.31. The maximum Gasteiger partial charge on any atom is 0.161 e. The molecule has 5 heteroatoms. The fraction of sp³-hybridized carbons (Fsp3) is 0.467. The van der Waals surface area contributed by atoms with Crippen LogP contribution in [0.15, 0.2) is 28.8 Å². The molecule has 1 aromatic carbocycles. The molecular weight excluding hydrogens is 297 g/mol. The molecule has 3 nitrogen and oxygen atoms in total. The third-order valence-corrected chi connectivity index (χ3v) is 3.10. The second-order valence-electron chi connectivity index (χ2n) is 4.59. The molecule has 0 radical (unpaired) electrons. The number of halogens is 2. The lowest BCUT2D eigenvalue weighted by Gasteiger charge is -2.14. The van der Waals surface area contributed by atoms with Gasteiger partial charge in [0.05, 0.1) is 11.6 Å². The molecule has 1 rings (SSSR count). The zero-order valence-electron chi connectivity index (χ0n) is 12.1. The molecule has 0 aliphatic heterocycles. The topological polar surface area (TPSA) is 30.5 Å². The van der Waals surface area contributed by atoms with Crippen molar-refractivity contribution in [2.75, 3.05) is 13.2 Å². The second-order valence-corrected chi connectivity index (χ2v) is 5.30. The minimum absolute atomic E-state index is 0.231. The van der Waals surface area contributed by atoms with Crippen molar-refractivity contribution in [1.82, 2.24) is 5.32 Å². The Hall–Kier alpha value is -0.900. The Kier molecular flexibility index (Phi) is 7.82. The van der Waals surface area contributed by atoms with E-state index in [1.807, 2.05) is 25.1 Å². The van der Waals surface area contributed by atoms with Crippen molar-refractivity contribution < 1.29 is 9.47 Å². The van der Waals surface area contributed by atoms with Crippen LogP contribution in [0.5, 0.6) is 11.5 Å². The first-order valence-electron chi connectivity index (χ1n) is 6.63. The van der Waals surface area contributed by atoms with Gasteiger partial charge >= 0.3 is 0 Å². The van der Waals surface area contributed by atoms with Gasteiger partial charge in [-0.25, -0.2) is 0 Å². The van der Waals surface area contributed by atoms with Gasteiger partial charge in [-0.3, -0.25) is 0 Å². The largest absolute Gasteiger partial charge is 0.490 e. The lowest BCUT2D eigenvalue weighted by Crippen LogP contribution is -2.21. The molecule has 0 saturated heterocycles. The summed E-state index contributed by atoms with van der Waals surface area (Å²) in [7, 11) is 0. The molecule has 0 amide bonds. The van der Waals surface area contributed by atoms with Gasteiger partial charge in [0.25, 0.3) is 0 Å². The van der Waals surface area contributed by atoms with Crippen molar-refractivity contribution in [3.05, 3.63) is 34.3 Å². The van der Waals surface area contributed by atoms with Crippen molar-refractivity contribution in [2.24, 2.45) is 0 Å². The zero-order chi connectivity index (χ0) is 15.0. The van der Waals surface area contributed by atoms with E-state index in [0.29, 0.717) is 23.4 Å². The van der Waals surface area contributed by atoms with E-state index >= 15 is 0 Å². The molecule has 0 aromatic heterocycles. The van der Waals surface area contributed by atoms with E-state index in [0.717, 1.165) is 17.9 Å². The third-order valence-electron chi connectivity index (χ3n) is 2.51. The van der Waals surface area contributed by atoms with Gasteiger partial charge in [-0.15, -0.1) is 0 Å². The fourth-order valence-electron chi connectivity index (χ4n) is 1.55. The van der Waals surface area contributed by atoms with Gasteiger partial charge in [-0.1, -0.05) is 43.1 Å². The monoisotopic (exact) mass is 317 g/mol. The van der Waals surface area contributed by atoms with Crippen LogP contribution in [0.25, 0.3) is 0 Å². The number of benzene rings is 1. The van der Waals surface area contributed by atoms with Gasteiger partial charge in [0.1, 0.15) is 6.61 Å². The van der Waals surface area contributed by atoms with Crippen molar-refractivity contribution >= 4 is 23.2 Å². The summed E-state index contributed by atoms with van der Waals surface area (Å²) in [5, 5.41) is 3.81. The molecule has 0 unspecified atom stereocenters. The first-order valence-corrected chi connectivity index (χ1v) is 7.45. The Morgan fingerprint density at radius 3 is 2.65 bits per heavy atom. The fourth-order valence-corrected chi connectivity index (χ4v) is 1.67. The van der Waals surface area contributed by atoms with Gasteiger partial charge in [0, 0.05) is 18.1 Å². The van der Waals surface area contributed by atoms with E-state index < -0.39 is 0 Å². The number of hydrogen-bond acceptors (Lipinski definition) is 3. The highest BCUT2D eigenvalue weighted by atomic mass is 35.5. The molecule has 1 aromatic rings. The van der Waals surface area contributed by atoms with Gasteiger partial charge < -0.3 is 14.8 Å². The summed E-state index contributed by atoms with van der Waals surface area (Å²) < 4.78 is 11.2. The average molecular weight is 318 g/mol. The Labute approximate surface area is 130 Å². The SMILES string of the molecule is CCOc1cc(CNC(C)C)ccc1OCC(Cl)=CCl. The van der Waals surface area contributed by atoms with Crippen LogP contribution in [0.1, 0.15) is 26.3 Å². The molecule has 0 fully saturated rings. The van der Waals surface area contributed by atoms with Crippen LogP contribution in [-0.4, -0.2) is 19.3 Å². The maximum absolute atomic E-state index is 5.81. The van der Waals surface area contributed by atoms with Gasteiger partial charge in [0.2, 0.25) is 0 Å². The van der Waals surface area contributed by atoms with Crippen LogP contribution in [0.2, 0.25) is 0 Å². The lowest BCUT2D eigenvalue weighted by atomic mass is 10.2. The molecule has 0 bridgehead atoms. The number of rotatable bonds is 8. The van der Waals surface area contributed by atoms with E-state index in [2.05, 4.69) is 19.2 Å². The first kappa shape index (κ1) is 17.2. The van der Waals surface area contributed by atoms with E-state index in [9.17, 15) is 0 Å². The van der Waals surface area contributed by atoms with Crippen LogP contribution in [0.3, 0.4) is 0 Å². The van der Waals surface area contributed by atoms with Crippen LogP contribution >= 0.6 is 23.2 Å². The molecule has 112 valence electrons. The highest BCUT2D eigenvalue weighted by Gasteiger charge is 2.07. The second kappa shape index (κ2) is 9.11. The van der Waals surface area contributed by atoms with E-state index in [1.54, 1.807) is 0 Å². The Morgan fingerprint density at radius 2 is 2.05 bits per heavy atom. The van der Waals surface area contributed by atoms with Crippen LogP contribution in [0.4, 0.5) is 0 Å². The quantitative estimate of drug-likeness (QED) is 0.776. The van der Waals surface area contributed by atoms with E-state index in [1.165, 1.54) is 5.54 Å². The Morgan fingerprint density at radius 1 is 1.30 bits per heavy atom. The number of hydrogen-bond donors (Lipinski definition) is 1. The molecule has 0 aliphatic rings. The third kappa shape index (κ3) is 6.04. The summed E-state index contributed by atoms with van der Waals surface area (Å²) >= 11 is 11.3. The normalized spacial score (nSPS) is 11.8. The molecule has 0 heterocycles. The highest BCUT2D eigenvalue weighted by Crippen LogP contribution is 2.29. The molecule has 0 atom stereocenters. The van der Waals surface area contributed by atoms with Crippen molar-refractivity contribution in [1.29, 1.82) is 0 Å². The van der Waals surface area contributed by atoms with Crippen LogP contribution < -0.4 is 14.8 Å². The molecule has 1 N–H and O–H groups in total. The Bertz CT molecular complexity index is 447. The number of ether oxygens (including phenoxy) is 2. The van der Waals surface area contributed by atoms with Gasteiger partial charge in [-0.2, -0.15) is 0 Å². The van der Waals surface area contributed by atoms with Crippen molar-refractivity contribution in [3.63, 3.8) is 0 Å². The number of nitrogens with one attached hydrogen (secondary N) is 1. The van der Waals surface area contributed by atoms with E-state index in [-0.39, 0.29) is 6.61 Å². The molecular formula is C15H21Cl2NO2. The van der Waals surface area contributed by atoms with Crippen molar-refractivity contribution in [2.45, 2.75) is 33.4 Å². The molecule has 0 aliphatic carbocycles. The summed E-state index contributed by atoms with van der Waals surface area (Å²) in [6.45, 7) is 7.77. The minimum atomic E-state index is 0.231. The standard InChI is InChI=1S/C15H21Cl2NO2/c1-4-19-15-7-12(9-18-11(2)3)5-6-14(15)20-10-13(17)8-16/h5-8,11,18H,4,9-10H2,1-3H3. The highest BCUT2D eigenvalue weighted by molar-refractivity contribution is 6.36. The summed E-state index contributed by atoms with van der Waals surface area (Å²) in [5.74, 6) is 1.38. The zero-order valence-corrected chi connectivity index (χ0v) is 13.6. The van der Waals surface area contributed by atoms with Crippen molar-refractivity contribution in [3.8, 4) is 11.5 Å². The molecule has 20 heavy (non-hydrogen) atoms. The summed E-state index contributed by atoms with van der Waals surface area (Å²) in [4.78, 5) is 0. The smallest absolute Gasteiger partial charge is 0.161 e. The average Bonchev–Trinajstić information content (AvgIpc) is 2.44.